The van der Waals surface area contributed by atoms with Crippen molar-refractivity contribution in [1.82, 2.24) is 0 Å². The molecule has 0 bridgehead atoms. The Kier molecular flexibility index (Phi) is 4.62. The lowest BCUT2D eigenvalue weighted by Crippen LogP contribution is -2.36. The predicted octanol–water partition coefficient (Wildman–Crippen LogP) is 2.78. The molecule has 0 N–H and O–H groups in total. The molecule has 0 saturated carbocycles. The fourth-order valence-electron chi connectivity index (χ4n) is 2.49. The highest BCUT2D eigenvalue weighted by Gasteiger charge is 2.19. The van der Waals surface area contributed by atoms with Crippen LogP contribution in [0.3, 0.4) is 0 Å². The van der Waals surface area contributed by atoms with Crippen LogP contribution in [0.1, 0.15) is 31.7 Å². The summed E-state index contributed by atoms with van der Waals surface area (Å²) in [5.41, 5.74) is 2.68. The van der Waals surface area contributed by atoms with Gasteiger partial charge in [0.05, 0.1) is 0 Å². The van der Waals surface area contributed by atoms with Crippen molar-refractivity contribution in [2.24, 2.45) is 0 Å². The summed E-state index contributed by atoms with van der Waals surface area (Å²) < 4.78 is 5.01. The van der Waals surface area contributed by atoms with Gasteiger partial charge in [0.2, 0.25) is 0 Å². The highest BCUT2D eigenvalue weighted by Crippen LogP contribution is 2.21. The highest BCUT2D eigenvalue weighted by atomic mass is 16.5. The minimum atomic E-state index is 0.109. The Morgan fingerprint density at radius 3 is 2.50 bits per heavy atom. The fourth-order valence-corrected chi connectivity index (χ4v) is 2.49. The number of benzene rings is 1. The number of hydrogen-bond acceptors (Lipinski definition) is 3. The van der Waals surface area contributed by atoms with E-state index >= 15 is 0 Å². The van der Waals surface area contributed by atoms with Crippen molar-refractivity contribution in [3.63, 3.8) is 0 Å². The van der Waals surface area contributed by atoms with Crippen LogP contribution in [0.2, 0.25) is 0 Å². The molecule has 0 atom stereocenters. The molecule has 1 saturated heterocycles. The zero-order chi connectivity index (χ0) is 12.8. The third kappa shape index (κ3) is 3.25. The SMILES string of the molecule is CCCc1ccc(N2CCC(OC=O)CC2)cc1. The van der Waals surface area contributed by atoms with Crippen LogP contribution < -0.4 is 4.90 Å². The molecule has 0 aromatic heterocycles. The smallest absolute Gasteiger partial charge is 0.293 e. The van der Waals surface area contributed by atoms with Gasteiger partial charge in [-0.2, -0.15) is 0 Å². The molecule has 0 amide bonds. The van der Waals surface area contributed by atoms with Crippen LogP contribution in [-0.4, -0.2) is 25.7 Å². The van der Waals surface area contributed by atoms with E-state index in [4.69, 9.17) is 4.74 Å². The van der Waals surface area contributed by atoms with E-state index in [0.29, 0.717) is 6.47 Å². The monoisotopic (exact) mass is 247 g/mol. The number of ether oxygens (including phenoxy) is 1. The number of piperidine rings is 1. The molecule has 1 aromatic carbocycles. The molecular formula is C15H21NO2. The molecule has 1 aromatic rings. The van der Waals surface area contributed by atoms with Gasteiger partial charge in [0.25, 0.3) is 6.47 Å². The molecule has 1 aliphatic heterocycles. The van der Waals surface area contributed by atoms with E-state index in [1.165, 1.54) is 17.7 Å². The van der Waals surface area contributed by atoms with Gasteiger partial charge in [-0.1, -0.05) is 25.5 Å². The maximum Gasteiger partial charge on any atom is 0.293 e. The van der Waals surface area contributed by atoms with Gasteiger partial charge >= 0.3 is 0 Å². The second-order valence-corrected chi connectivity index (χ2v) is 4.84. The molecule has 3 nitrogen and oxygen atoms in total. The highest BCUT2D eigenvalue weighted by molar-refractivity contribution is 5.48. The lowest BCUT2D eigenvalue weighted by Gasteiger charge is -2.32. The molecule has 0 aliphatic carbocycles. The minimum absolute atomic E-state index is 0.109. The maximum absolute atomic E-state index is 10.3. The largest absolute Gasteiger partial charge is 0.464 e. The molecule has 18 heavy (non-hydrogen) atoms. The van der Waals surface area contributed by atoms with Gasteiger partial charge in [-0.25, -0.2) is 0 Å². The maximum atomic E-state index is 10.3. The molecule has 1 fully saturated rings. The van der Waals surface area contributed by atoms with Crippen molar-refractivity contribution in [3.05, 3.63) is 29.8 Å². The number of aryl methyl sites for hydroxylation is 1. The first kappa shape index (κ1) is 12.9. The molecule has 3 heteroatoms. The van der Waals surface area contributed by atoms with Gasteiger partial charge in [0.15, 0.2) is 0 Å². The normalized spacial score (nSPS) is 16.6. The Labute approximate surface area is 109 Å². The van der Waals surface area contributed by atoms with Crippen molar-refractivity contribution in [2.45, 2.75) is 38.7 Å². The molecule has 2 rings (SSSR count). The van der Waals surface area contributed by atoms with Gasteiger partial charge in [-0.15, -0.1) is 0 Å². The molecule has 1 aliphatic rings. The van der Waals surface area contributed by atoms with E-state index in [-0.39, 0.29) is 6.10 Å². The van der Waals surface area contributed by atoms with Crippen LogP contribution in [0.5, 0.6) is 0 Å². The minimum Gasteiger partial charge on any atom is -0.464 e. The summed E-state index contributed by atoms with van der Waals surface area (Å²) in [7, 11) is 0. The standard InChI is InChI=1S/C15H21NO2/c1-2-3-13-4-6-14(7-5-13)16-10-8-15(9-11-16)18-12-17/h4-7,12,15H,2-3,8-11H2,1H3. The molecule has 0 spiro atoms. The Bertz CT molecular complexity index is 367. The van der Waals surface area contributed by atoms with Gasteiger partial charge in [-0.05, 0) is 24.1 Å². The number of hydrogen-bond donors (Lipinski definition) is 0. The van der Waals surface area contributed by atoms with Crippen LogP contribution in [0.25, 0.3) is 0 Å². The first-order valence-corrected chi connectivity index (χ1v) is 6.76. The van der Waals surface area contributed by atoms with Crippen LogP contribution >= 0.6 is 0 Å². The van der Waals surface area contributed by atoms with Crippen LogP contribution in [-0.2, 0) is 16.0 Å². The van der Waals surface area contributed by atoms with Crippen molar-refractivity contribution < 1.29 is 9.53 Å². The first-order chi connectivity index (χ1) is 8.83. The molecule has 1 heterocycles. The van der Waals surface area contributed by atoms with E-state index in [9.17, 15) is 4.79 Å². The summed E-state index contributed by atoms with van der Waals surface area (Å²) in [6.45, 7) is 4.70. The zero-order valence-corrected chi connectivity index (χ0v) is 11.0. The third-order valence-corrected chi connectivity index (χ3v) is 3.53. The summed E-state index contributed by atoms with van der Waals surface area (Å²) in [6.07, 6.45) is 4.30. The number of anilines is 1. The van der Waals surface area contributed by atoms with E-state index in [1.54, 1.807) is 0 Å². The lowest BCUT2D eigenvalue weighted by molar-refractivity contribution is -0.134. The Morgan fingerprint density at radius 2 is 1.94 bits per heavy atom. The zero-order valence-electron chi connectivity index (χ0n) is 11.0. The van der Waals surface area contributed by atoms with Gasteiger partial charge in [-0.3, -0.25) is 4.79 Å². The molecule has 98 valence electrons. The average molecular weight is 247 g/mol. The third-order valence-electron chi connectivity index (χ3n) is 3.53. The Balaban J connectivity index is 1.90. The second kappa shape index (κ2) is 6.43. The summed E-state index contributed by atoms with van der Waals surface area (Å²) in [5, 5.41) is 0. The first-order valence-electron chi connectivity index (χ1n) is 6.76. The summed E-state index contributed by atoms with van der Waals surface area (Å²) in [5.74, 6) is 0. The number of rotatable bonds is 5. The van der Waals surface area contributed by atoms with Crippen molar-refractivity contribution >= 4 is 12.2 Å². The molecular weight excluding hydrogens is 226 g/mol. The van der Waals surface area contributed by atoms with Gasteiger partial charge in [0, 0.05) is 31.6 Å². The van der Waals surface area contributed by atoms with Crippen molar-refractivity contribution in [3.8, 4) is 0 Å². The van der Waals surface area contributed by atoms with Crippen molar-refractivity contribution in [2.75, 3.05) is 18.0 Å². The molecule has 0 unspecified atom stereocenters. The fraction of sp³-hybridized carbons (Fsp3) is 0.533. The topological polar surface area (TPSA) is 29.5 Å². The van der Waals surface area contributed by atoms with Crippen molar-refractivity contribution in [1.29, 1.82) is 0 Å². The summed E-state index contributed by atoms with van der Waals surface area (Å²) >= 11 is 0. The van der Waals surface area contributed by atoms with E-state index in [1.807, 2.05) is 0 Å². The van der Waals surface area contributed by atoms with E-state index in [0.717, 1.165) is 32.4 Å². The van der Waals surface area contributed by atoms with Crippen LogP contribution in [0.4, 0.5) is 5.69 Å². The van der Waals surface area contributed by atoms with Gasteiger partial charge < -0.3 is 9.64 Å². The van der Waals surface area contributed by atoms with Crippen LogP contribution in [0, 0.1) is 0 Å². The van der Waals surface area contributed by atoms with E-state index < -0.39 is 0 Å². The van der Waals surface area contributed by atoms with Crippen LogP contribution in [0.15, 0.2) is 24.3 Å². The quantitative estimate of drug-likeness (QED) is 0.749. The second-order valence-electron chi connectivity index (χ2n) is 4.84. The lowest BCUT2D eigenvalue weighted by atomic mass is 10.1. The number of carbonyl (C=O) groups excluding carboxylic acids is 1. The number of nitrogens with zero attached hydrogens (tertiary/aromatic N) is 1. The average Bonchev–Trinajstić information content (AvgIpc) is 2.41. The predicted molar refractivity (Wildman–Crippen MR) is 72.8 cm³/mol. The number of carbonyl (C=O) groups is 1. The van der Waals surface area contributed by atoms with E-state index in [2.05, 4.69) is 36.1 Å². The Hall–Kier alpha value is -1.51. The molecule has 0 radical (unpaired) electrons. The summed E-state index contributed by atoms with van der Waals surface area (Å²) in [4.78, 5) is 12.6. The van der Waals surface area contributed by atoms with Gasteiger partial charge in [0.1, 0.15) is 6.10 Å². The Morgan fingerprint density at radius 1 is 1.28 bits per heavy atom. The summed E-state index contributed by atoms with van der Waals surface area (Å²) in [6, 6.07) is 8.83.